The highest BCUT2D eigenvalue weighted by Crippen LogP contribution is 2.32. The van der Waals surface area contributed by atoms with E-state index in [4.69, 9.17) is 25.8 Å². The predicted octanol–water partition coefficient (Wildman–Crippen LogP) is 3.27. The van der Waals surface area contributed by atoms with Gasteiger partial charge in [-0.15, -0.1) is 10.2 Å². The van der Waals surface area contributed by atoms with Gasteiger partial charge in [-0.2, -0.15) is 0 Å². The van der Waals surface area contributed by atoms with Crippen LogP contribution in [0.15, 0.2) is 30.6 Å². The minimum atomic E-state index is -4.04. The number of hydrogen-bond acceptors (Lipinski definition) is 10. The highest BCUT2D eigenvalue weighted by atomic mass is 35.5. The van der Waals surface area contributed by atoms with Crippen LogP contribution in [0.4, 0.5) is 5.95 Å². The first kappa shape index (κ1) is 27.2. The molecule has 3 atom stereocenters. The summed E-state index contributed by atoms with van der Waals surface area (Å²) in [6.07, 6.45) is 3.33. The summed E-state index contributed by atoms with van der Waals surface area (Å²) in [5.41, 5.74) is 0.206. The second-order valence-corrected chi connectivity index (χ2v) is 11.8. The van der Waals surface area contributed by atoms with E-state index in [1.165, 1.54) is 33.5 Å². The number of rotatable bonds is 10. The van der Waals surface area contributed by atoms with Crippen molar-refractivity contribution in [3.63, 3.8) is 0 Å². The molecular weight excluding hydrogens is 522 g/mol. The van der Waals surface area contributed by atoms with Crippen LogP contribution in [0, 0.1) is 0 Å². The molecule has 4 heterocycles. The van der Waals surface area contributed by atoms with Gasteiger partial charge in [0.15, 0.2) is 11.6 Å². The molecule has 0 aliphatic carbocycles. The zero-order chi connectivity index (χ0) is 26.8. The molecule has 37 heavy (non-hydrogen) atoms. The van der Waals surface area contributed by atoms with Crippen molar-refractivity contribution in [2.24, 2.45) is 0 Å². The summed E-state index contributed by atoms with van der Waals surface area (Å²) in [6, 6.07) is 5.24. The molecule has 200 valence electrons. The summed E-state index contributed by atoms with van der Waals surface area (Å²) in [7, 11) is -1.13. The first-order valence-electron chi connectivity index (χ1n) is 11.7. The lowest BCUT2D eigenvalue weighted by Crippen LogP contribution is -2.34. The van der Waals surface area contributed by atoms with Crippen LogP contribution < -0.4 is 9.46 Å². The number of ether oxygens (including phenoxy) is 3. The lowest BCUT2D eigenvalue weighted by Gasteiger charge is -2.23. The van der Waals surface area contributed by atoms with Crippen molar-refractivity contribution in [3.8, 4) is 17.4 Å². The van der Waals surface area contributed by atoms with Crippen molar-refractivity contribution in [2.75, 3.05) is 18.9 Å². The minimum Gasteiger partial charge on any atom is -0.481 e. The number of methoxy groups -OCH3 is 2. The van der Waals surface area contributed by atoms with Gasteiger partial charge in [-0.3, -0.25) is 9.29 Å². The summed E-state index contributed by atoms with van der Waals surface area (Å²) in [6.45, 7) is 5.88. The summed E-state index contributed by atoms with van der Waals surface area (Å²) in [4.78, 5) is 12.7. The van der Waals surface area contributed by atoms with E-state index in [0.717, 1.165) is 12.8 Å². The molecule has 1 aliphatic heterocycles. The van der Waals surface area contributed by atoms with Crippen molar-refractivity contribution in [1.82, 2.24) is 29.7 Å². The summed E-state index contributed by atoms with van der Waals surface area (Å²) >= 11 is 5.88. The summed E-state index contributed by atoms with van der Waals surface area (Å²) in [5.74, 6) is 0.995. The van der Waals surface area contributed by atoms with Gasteiger partial charge >= 0.3 is 0 Å². The molecule has 14 heteroatoms. The van der Waals surface area contributed by atoms with Gasteiger partial charge in [0.2, 0.25) is 21.9 Å². The molecule has 3 aromatic heterocycles. The van der Waals surface area contributed by atoms with Crippen molar-refractivity contribution < 1.29 is 22.6 Å². The number of anilines is 1. The van der Waals surface area contributed by atoms with Gasteiger partial charge in [-0.25, -0.2) is 23.4 Å². The molecule has 0 amide bonds. The van der Waals surface area contributed by atoms with Crippen LogP contribution >= 0.6 is 11.6 Å². The standard InChI is InChI=1S/C23H30ClN7O5S/c1-14(19(35-5)20-25-11-15(24)12-26-20)37(32,33)30-22-29-28-21(17-7-6-8-18(27-17)34-4)31(22)13-16-9-10-23(2,3)36-16/h6-8,11-12,14,16,19H,9-10,13H2,1-5H3,(H,29,30)/t14-,16-,19-/m0/s1. The third kappa shape index (κ3) is 6.17. The van der Waals surface area contributed by atoms with Gasteiger partial charge in [0.25, 0.3) is 0 Å². The molecule has 1 fully saturated rings. The van der Waals surface area contributed by atoms with Crippen LogP contribution in [0.2, 0.25) is 5.02 Å². The van der Waals surface area contributed by atoms with Gasteiger partial charge in [0, 0.05) is 25.6 Å². The van der Waals surface area contributed by atoms with Crippen LogP contribution in [-0.2, 0) is 26.0 Å². The average Bonchev–Trinajstić information content (AvgIpc) is 3.42. The third-order valence-electron chi connectivity index (χ3n) is 6.15. The predicted molar refractivity (Wildman–Crippen MR) is 137 cm³/mol. The number of aromatic nitrogens is 6. The lowest BCUT2D eigenvalue weighted by molar-refractivity contribution is -0.0213. The number of nitrogens with one attached hydrogen (secondary N) is 1. The van der Waals surface area contributed by atoms with E-state index in [2.05, 4.69) is 29.9 Å². The molecule has 0 unspecified atom stereocenters. The smallest absolute Gasteiger partial charge is 0.240 e. The zero-order valence-electron chi connectivity index (χ0n) is 21.3. The third-order valence-corrected chi connectivity index (χ3v) is 8.04. The number of nitrogens with zero attached hydrogens (tertiary/aromatic N) is 6. The van der Waals surface area contributed by atoms with E-state index < -0.39 is 21.4 Å². The van der Waals surface area contributed by atoms with E-state index >= 15 is 0 Å². The number of sulfonamides is 1. The maximum atomic E-state index is 13.5. The molecule has 1 saturated heterocycles. The SMILES string of the molecule is COc1cccc(-c2nnc(NS(=O)(=O)[C@@H](C)[C@H](OC)c3ncc(Cl)cn3)n2C[C@@H]2CCC(C)(C)O2)n1. The molecule has 0 radical (unpaired) electrons. The monoisotopic (exact) mass is 551 g/mol. The maximum absolute atomic E-state index is 13.5. The minimum absolute atomic E-state index is 0.0339. The fourth-order valence-electron chi connectivity index (χ4n) is 4.16. The molecule has 1 N–H and O–H groups in total. The molecule has 0 saturated carbocycles. The Morgan fingerprint density at radius 2 is 1.97 bits per heavy atom. The van der Waals surface area contributed by atoms with Crippen molar-refractivity contribution >= 4 is 27.6 Å². The van der Waals surface area contributed by atoms with Crippen LogP contribution in [0.3, 0.4) is 0 Å². The molecule has 0 spiro atoms. The Labute approximate surface area is 220 Å². The fraction of sp³-hybridized carbons (Fsp3) is 0.522. The zero-order valence-corrected chi connectivity index (χ0v) is 22.8. The van der Waals surface area contributed by atoms with Crippen LogP contribution in [0.1, 0.15) is 45.5 Å². The highest BCUT2D eigenvalue weighted by molar-refractivity contribution is 7.93. The van der Waals surface area contributed by atoms with Crippen molar-refractivity contribution in [1.29, 1.82) is 0 Å². The van der Waals surface area contributed by atoms with Gasteiger partial charge in [-0.05, 0) is 39.7 Å². The van der Waals surface area contributed by atoms with E-state index in [1.807, 2.05) is 13.8 Å². The van der Waals surface area contributed by atoms with Crippen molar-refractivity contribution in [2.45, 2.75) is 63.2 Å². The molecule has 4 rings (SSSR count). The number of halogens is 1. The van der Waals surface area contributed by atoms with Gasteiger partial charge < -0.3 is 14.2 Å². The van der Waals surface area contributed by atoms with Gasteiger partial charge in [-0.1, -0.05) is 17.7 Å². The Balaban J connectivity index is 1.67. The topological polar surface area (TPSA) is 143 Å². The Hall–Kier alpha value is -2.87. The second-order valence-electron chi connectivity index (χ2n) is 9.33. The maximum Gasteiger partial charge on any atom is 0.240 e. The Morgan fingerprint density at radius 1 is 1.24 bits per heavy atom. The lowest BCUT2D eigenvalue weighted by atomic mass is 10.1. The molecular formula is C23H30ClN7O5S. The number of pyridine rings is 1. The summed E-state index contributed by atoms with van der Waals surface area (Å²) in [5, 5.41) is 7.67. The van der Waals surface area contributed by atoms with Gasteiger partial charge in [0.1, 0.15) is 17.0 Å². The highest BCUT2D eigenvalue weighted by Gasteiger charge is 2.36. The van der Waals surface area contributed by atoms with E-state index in [0.29, 0.717) is 29.0 Å². The Bertz CT molecular complexity index is 1330. The molecule has 1 aliphatic rings. The quantitative estimate of drug-likeness (QED) is 0.398. The first-order chi connectivity index (χ1) is 17.5. The van der Waals surface area contributed by atoms with Gasteiger partial charge in [0.05, 0.1) is 30.4 Å². The normalized spacial score (nSPS) is 18.9. The van der Waals surface area contributed by atoms with E-state index in [1.54, 1.807) is 22.8 Å². The molecule has 0 aromatic carbocycles. The van der Waals surface area contributed by atoms with Crippen molar-refractivity contribution in [3.05, 3.63) is 41.4 Å². The molecule has 12 nitrogen and oxygen atoms in total. The first-order valence-corrected chi connectivity index (χ1v) is 13.6. The number of hydrogen-bond donors (Lipinski definition) is 1. The van der Waals surface area contributed by atoms with Crippen LogP contribution in [-0.4, -0.2) is 69.3 Å². The van der Waals surface area contributed by atoms with Crippen LogP contribution in [0.25, 0.3) is 11.5 Å². The fourth-order valence-corrected chi connectivity index (χ4v) is 5.41. The summed E-state index contributed by atoms with van der Waals surface area (Å²) < 4.78 is 48.0. The van der Waals surface area contributed by atoms with E-state index in [-0.39, 0.29) is 23.5 Å². The van der Waals surface area contributed by atoms with Crippen LogP contribution in [0.5, 0.6) is 5.88 Å². The van der Waals surface area contributed by atoms with E-state index in [9.17, 15) is 8.42 Å². The molecule has 0 bridgehead atoms. The Morgan fingerprint density at radius 3 is 2.59 bits per heavy atom. The molecule has 3 aromatic rings. The largest absolute Gasteiger partial charge is 0.481 e. The second kappa shape index (κ2) is 10.9. The Kier molecular flexibility index (Phi) is 7.97. The average molecular weight is 552 g/mol.